The van der Waals surface area contributed by atoms with Gasteiger partial charge in [-0.25, -0.2) is 10.3 Å². The number of hydrogen-bond acceptors (Lipinski definition) is 8. The van der Waals surface area contributed by atoms with Crippen LogP contribution >= 0.6 is 0 Å². The van der Waals surface area contributed by atoms with Gasteiger partial charge in [0, 0.05) is 35.9 Å². The van der Waals surface area contributed by atoms with E-state index in [0.29, 0.717) is 18.1 Å². The Kier molecular flexibility index (Phi) is 6.74. The highest BCUT2D eigenvalue weighted by atomic mass is 16.7. The van der Waals surface area contributed by atoms with Crippen molar-refractivity contribution in [2.24, 2.45) is 5.16 Å². The Morgan fingerprint density at radius 2 is 1.94 bits per heavy atom. The number of aryl methyl sites for hydroxylation is 1. The maximum atomic E-state index is 12.4. The van der Waals surface area contributed by atoms with Gasteiger partial charge < -0.3 is 14.3 Å². The van der Waals surface area contributed by atoms with Gasteiger partial charge in [0.15, 0.2) is 0 Å². The molecule has 0 radical (unpaired) electrons. The number of pyridine rings is 1. The van der Waals surface area contributed by atoms with Crippen LogP contribution in [0.5, 0.6) is 5.75 Å². The zero-order valence-electron chi connectivity index (χ0n) is 18.9. The molecule has 1 aliphatic rings. The fraction of sp³-hybridized carbons (Fsp3) is 0.280. The Morgan fingerprint density at radius 1 is 1.18 bits per heavy atom. The molecule has 0 aliphatic carbocycles. The predicted molar refractivity (Wildman–Crippen MR) is 123 cm³/mol. The van der Waals surface area contributed by atoms with Crippen molar-refractivity contribution in [2.45, 2.75) is 38.4 Å². The molecule has 0 spiro atoms. The van der Waals surface area contributed by atoms with E-state index in [2.05, 4.69) is 10.1 Å². The number of amides is 1. The molecule has 1 aliphatic heterocycles. The number of esters is 1. The van der Waals surface area contributed by atoms with Crippen molar-refractivity contribution < 1.29 is 29.1 Å². The van der Waals surface area contributed by atoms with Gasteiger partial charge >= 0.3 is 5.97 Å². The summed E-state index contributed by atoms with van der Waals surface area (Å²) in [5.41, 5.74) is 4.36. The average Bonchev–Trinajstić information content (AvgIpc) is 3.31. The van der Waals surface area contributed by atoms with Crippen LogP contribution < -0.4 is 10.2 Å². The molecule has 9 heteroatoms. The van der Waals surface area contributed by atoms with Crippen molar-refractivity contribution >= 4 is 28.5 Å². The minimum absolute atomic E-state index is 0.0135. The first-order valence-corrected chi connectivity index (χ1v) is 10.8. The summed E-state index contributed by atoms with van der Waals surface area (Å²) in [6.45, 7) is 2.35. The van der Waals surface area contributed by atoms with Gasteiger partial charge in [0.25, 0.3) is 0 Å². The Bertz CT molecular complexity index is 1240. The fourth-order valence-corrected chi connectivity index (χ4v) is 3.95. The fourth-order valence-electron chi connectivity index (χ4n) is 3.95. The molecule has 2 aromatic carbocycles. The monoisotopic (exact) mass is 463 g/mol. The molecule has 0 fully saturated rings. The molecule has 0 saturated carbocycles. The number of methoxy groups -OCH3 is 1. The van der Waals surface area contributed by atoms with Crippen LogP contribution in [0.2, 0.25) is 0 Å². The highest BCUT2D eigenvalue weighted by Gasteiger charge is 2.48. The number of hydrogen-bond donors (Lipinski definition) is 2. The molecule has 34 heavy (non-hydrogen) atoms. The molecule has 2 heterocycles. The molecule has 1 amide bonds. The molecular weight excluding hydrogens is 438 g/mol. The lowest BCUT2D eigenvalue weighted by Crippen LogP contribution is -2.41. The first-order chi connectivity index (χ1) is 16.4. The van der Waals surface area contributed by atoms with Gasteiger partial charge in [-0.15, -0.1) is 0 Å². The lowest BCUT2D eigenvalue weighted by molar-refractivity contribution is -0.167. The summed E-state index contributed by atoms with van der Waals surface area (Å²) in [6.07, 6.45) is 0.0325. The van der Waals surface area contributed by atoms with Crippen molar-refractivity contribution in [3.05, 3.63) is 71.4 Å². The van der Waals surface area contributed by atoms with Crippen molar-refractivity contribution in [3.63, 3.8) is 0 Å². The third-order valence-corrected chi connectivity index (χ3v) is 5.73. The van der Waals surface area contributed by atoms with Crippen molar-refractivity contribution in [2.75, 3.05) is 7.11 Å². The number of carbonyl (C=O) groups excluding carboxylic acids is 2. The molecular formula is C25H25N3O6. The highest BCUT2D eigenvalue weighted by molar-refractivity contribution is 6.05. The standard InChI is InChI=1S/C25H25N3O6/c1-16-13-18(20-5-3-4-6-21(20)26-16)15-33-19-9-7-17(8-10-19)22-14-25(34-28-22,24(30)32-2)12-11-23(29)27-31/h3-10,13,31H,11-12,14-15H2,1-2H3,(H,27,29). The van der Waals surface area contributed by atoms with Crippen molar-refractivity contribution in [1.82, 2.24) is 10.5 Å². The van der Waals surface area contributed by atoms with Crippen LogP contribution in [0.25, 0.3) is 10.9 Å². The molecule has 1 atom stereocenters. The van der Waals surface area contributed by atoms with E-state index >= 15 is 0 Å². The largest absolute Gasteiger partial charge is 0.489 e. The second-order valence-electron chi connectivity index (χ2n) is 8.08. The van der Waals surface area contributed by atoms with E-state index in [4.69, 9.17) is 19.5 Å². The summed E-state index contributed by atoms with van der Waals surface area (Å²) in [4.78, 5) is 33.8. The summed E-state index contributed by atoms with van der Waals surface area (Å²) >= 11 is 0. The SMILES string of the molecule is COC(=O)C1(CCC(=O)NO)CC(c2ccc(OCc3cc(C)nc4ccccc34)cc2)=NO1. The van der Waals surface area contributed by atoms with Crippen LogP contribution in [0.3, 0.4) is 0 Å². The van der Waals surface area contributed by atoms with Gasteiger partial charge in [0.1, 0.15) is 12.4 Å². The first kappa shape index (κ1) is 23.2. The Balaban J connectivity index is 1.44. The van der Waals surface area contributed by atoms with Gasteiger partial charge in [-0.2, -0.15) is 0 Å². The van der Waals surface area contributed by atoms with Gasteiger partial charge in [0.05, 0.1) is 18.3 Å². The zero-order valence-corrected chi connectivity index (χ0v) is 18.9. The third kappa shape index (κ3) is 4.84. The Hall–Kier alpha value is -3.98. The number of oxime groups is 1. The quantitative estimate of drug-likeness (QED) is 0.298. The molecule has 0 saturated heterocycles. The maximum absolute atomic E-state index is 12.4. The number of ether oxygens (including phenoxy) is 2. The van der Waals surface area contributed by atoms with Crippen LogP contribution in [-0.4, -0.2) is 40.5 Å². The van der Waals surface area contributed by atoms with E-state index < -0.39 is 17.5 Å². The van der Waals surface area contributed by atoms with Crippen LogP contribution in [-0.2, 0) is 25.8 Å². The van der Waals surface area contributed by atoms with E-state index in [1.807, 2.05) is 61.5 Å². The number of benzene rings is 2. The third-order valence-electron chi connectivity index (χ3n) is 5.73. The minimum atomic E-state index is -1.41. The number of para-hydroxylation sites is 1. The van der Waals surface area contributed by atoms with E-state index in [1.165, 1.54) is 7.11 Å². The van der Waals surface area contributed by atoms with Gasteiger partial charge in [-0.1, -0.05) is 23.4 Å². The molecule has 176 valence electrons. The van der Waals surface area contributed by atoms with Gasteiger partial charge in [0.2, 0.25) is 11.5 Å². The number of carbonyl (C=O) groups is 2. The van der Waals surface area contributed by atoms with Crippen LogP contribution in [0.4, 0.5) is 0 Å². The number of fused-ring (bicyclic) bond motifs is 1. The number of aromatic nitrogens is 1. The molecule has 0 bridgehead atoms. The molecule has 2 N–H and O–H groups in total. The summed E-state index contributed by atoms with van der Waals surface area (Å²) < 4.78 is 10.9. The van der Waals surface area contributed by atoms with Crippen LogP contribution in [0.15, 0.2) is 59.8 Å². The maximum Gasteiger partial charge on any atom is 0.353 e. The molecule has 3 aromatic rings. The average molecular weight is 463 g/mol. The number of nitrogens with zero attached hydrogens (tertiary/aromatic N) is 2. The smallest absolute Gasteiger partial charge is 0.353 e. The summed E-state index contributed by atoms with van der Waals surface area (Å²) in [5.74, 6) is -0.573. The van der Waals surface area contributed by atoms with E-state index in [0.717, 1.165) is 27.7 Å². The van der Waals surface area contributed by atoms with Crippen LogP contribution in [0.1, 0.15) is 36.1 Å². The highest BCUT2D eigenvalue weighted by Crippen LogP contribution is 2.33. The van der Waals surface area contributed by atoms with E-state index in [9.17, 15) is 9.59 Å². The van der Waals surface area contributed by atoms with Crippen molar-refractivity contribution in [3.8, 4) is 5.75 Å². The Morgan fingerprint density at radius 3 is 2.68 bits per heavy atom. The van der Waals surface area contributed by atoms with Crippen LogP contribution in [0, 0.1) is 6.92 Å². The van der Waals surface area contributed by atoms with E-state index in [1.54, 1.807) is 5.48 Å². The lowest BCUT2D eigenvalue weighted by Gasteiger charge is -2.22. The van der Waals surface area contributed by atoms with E-state index in [-0.39, 0.29) is 19.3 Å². The number of rotatable bonds is 8. The Labute approximate surface area is 196 Å². The second-order valence-corrected chi connectivity index (χ2v) is 8.08. The summed E-state index contributed by atoms with van der Waals surface area (Å²) in [6, 6.07) is 17.3. The number of nitrogens with one attached hydrogen (secondary N) is 1. The predicted octanol–water partition coefficient (Wildman–Crippen LogP) is 3.44. The summed E-state index contributed by atoms with van der Waals surface area (Å²) in [5, 5.41) is 13.9. The molecule has 1 unspecified atom stereocenters. The first-order valence-electron chi connectivity index (χ1n) is 10.8. The summed E-state index contributed by atoms with van der Waals surface area (Å²) in [7, 11) is 1.25. The lowest BCUT2D eigenvalue weighted by atomic mass is 9.89. The molecule has 9 nitrogen and oxygen atoms in total. The number of hydroxylamine groups is 1. The zero-order chi connectivity index (χ0) is 24.1. The second kappa shape index (κ2) is 9.88. The molecule has 1 aromatic heterocycles. The topological polar surface area (TPSA) is 119 Å². The van der Waals surface area contributed by atoms with Gasteiger partial charge in [-0.05, 0) is 48.9 Å². The normalized spacial score (nSPS) is 17.1. The van der Waals surface area contributed by atoms with Gasteiger partial charge in [-0.3, -0.25) is 15.0 Å². The van der Waals surface area contributed by atoms with Crippen molar-refractivity contribution in [1.29, 1.82) is 0 Å². The minimum Gasteiger partial charge on any atom is -0.489 e. The molecule has 4 rings (SSSR count).